The molecule has 0 aliphatic carbocycles. The number of rotatable bonds is 6. The molecular formula is C22H18F3N3O2S2. The van der Waals surface area contributed by atoms with Crippen LogP contribution in [0, 0.1) is 11.3 Å². The van der Waals surface area contributed by atoms with Crippen molar-refractivity contribution in [2.75, 3.05) is 17.3 Å². The monoisotopic (exact) mass is 477 g/mol. The standard InChI is InChI=1S/C22H18F3N3O2S2/c1-31-16-7-5-13(6-8-16)17-10-19(29)28-21(18(17)11-26)32-12-20(30)27-15-4-2-3-14(9-15)22(23,24)25/h2-9,17H,10,12H2,1H3,(H,27,30)(H,28,29)/t17-/m0/s1. The minimum absolute atomic E-state index is 0.0133. The van der Waals surface area contributed by atoms with Crippen LogP contribution >= 0.6 is 23.5 Å². The number of allylic oxidation sites excluding steroid dienone is 1. The molecular weight excluding hydrogens is 459 g/mol. The first-order valence-electron chi connectivity index (χ1n) is 9.39. The van der Waals surface area contributed by atoms with E-state index in [2.05, 4.69) is 16.7 Å². The number of thioether (sulfide) groups is 2. The van der Waals surface area contributed by atoms with E-state index in [4.69, 9.17) is 0 Å². The highest BCUT2D eigenvalue weighted by molar-refractivity contribution is 8.03. The molecule has 2 aromatic carbocycles. The Kier molecular flexibility index (Phi) is 7.53. The van der Waals surface area contributed by atoms with Gasteiger partial charge in [-0.2, -0.15) is 18.4 Å². The lowest BCUT2D eigenvalue weighted by molar-refractivity contribution is -0.137. The summed E-state index contributed by atoms with van der Waals surface area (Å²) in [5, 5.41) is 15.0. The van der Waals surface area contributed by atoms with Gasteiger partial charge in [0.25, 0.3) is 0 Å². The van der Waals surface area contributed by atoms with Gasteiger partial charge in [0.1, 0.15) is 0 Å². The average Bonchev–Trinajstić information content (AvgIpc) is 2.77. The van der Waals surface area contributed by atoms with Gasteiger partial charge in [0.05, 0.1) is 28.0 Å². The van der Waals surface area contributed by atoms with Crippen LogP contribution in [-0.4, -0.2) is 23.8 Å². The van der Waals surface area contributed by atoms with Crippen LogP contribution in [-0.2, 0) is 15.8 Å². The Bertz CT molecular complexity index is 1090. The van der Waals surface area contributed by atoms with Crippen LogP contribution in [0.25, 0.3) is 0 Å². The summed E-state index contributed by atoms with van der Waals surface area (Å²) in [5.41, 5.74) is 0.311. The number of halogens is 3. The zero-order valence-electron chi connectivity index (χ0n) is 16.8. The maximum atomic E-state index is 12.8. The molecule has 0 fully saturated rings. The molecule has 1 atom stereocenters. The largest absolute Gasteiger partial charge is 0.416 e. The number of nitrogens with zero attached hydrogens (tertiary/aromatic N) is 1. The molecule has 2 N–H and O–H groups in total. The number of alkyl halides is 3. The van der Waals surface area contributed by atoms with E-state index in [1.807, 2.05) is 30.5 Å². The van der Waals surface area contributed by atoms with Crippen LogP contribution in [0.4, 0.5) is 18.9 Å². The highest BCUT2D eigenvalue weighted by Gasteiger charge is 2.31. The summed E-state index contributed by atoms with van der Waals surface area (Å²) in [7, 11) is 0. The van der Waals surface area contributed by atoms with Gasteiger partial charge >= 0.3 is 6.18 Å². The molecule has 0 saturated heterocycles. The van der Waals surface area contributed by atoms with E-state index in [-0.39, 0.29) is 28.8 Å². The van der Waals surface area contributed by atoms with E-state index in [9.17, 15) is 28.0 Å². The normalized spacial score (nSPS) is 16.3. The molecule has 32 heavy (non-hydrogen) atoms. The van der Waals surface area contributed by atoms with Crippen LogP contribution in [0.5, 0.6) is 0 Å². The molecule has 1 aliphatic rings. The zero-order valence-corrected chi connectivity index (χ0v) is 18.5. The first-order chi connectivity index (χ1) is 15.2. The Labute approximate surface area is 191 Å². The predicted molar refractivity (Wildman–Crippen MR) is 119 cm³/mol. The Hall–Kier alpha value is -2.90. The van der Waals surface area contributed by atoms with Crippen molar-refractivity contribution < 1.29 is 22.8 Å². The minimum atomic E-state index is -4.52. The summed E-state index contributed by atoms with van der Waals surface area (Å²) in [5.74, 6) is -1.45. The maximum Gasteiger partial charge on any atom is 0.416 e. The molecule has 3 rings (SSSR count). The first kappa shape index (κ1) is 23.8. The Morgan fingerprint density at radius 2 is 1.97 bits per heavy atom. The smallest absolute Gasteiger partial charge is 0.325 e. The fourth-order valence-electron chi connectivity index (χ4n) is 3.16. The zero-order chi connectivity index (χ0) is 23.3. The van der Waals surface area contributed by atoms with Gasteiger partial charge in [-0.25, -0.2) is 0 Å². The Morgan fingerprint density at radius 3 is 2.59 bits per heavy atom. The van der Waals surface area contributed by atoms with Crippen molar-refractivity contribution in [1.29, 1.82) is 5.26 Å². The van der Waals surface area contributed by atoms with Crippen LogP contribution < -0.4 is 10.6 Å². The lowest BCUT2D eigenvalue weighted by Crippen LogP contribution is -2.31. The van der Waals surface area contributed by atoms with E-state index < -0.39 is 23.6 Å². The fourth-order valence-corrected chi connectivity index (χ4v) is 4.45. The third-order valence-corrected chi connectivity index (χ3v) is 6.46. The molecule has 5 nitrogen and oxygen atoms in total. The van der Waals surface area contributed by atoms with Gasteiger partial charge in [-0.05, 0) is 42.2 Å². The summed E-state index contributed by atoms with van der Waals surface area (Å²) >= 11 is 2.54. The predicted octanol–water partition coefficient (Wildman–Crippen LogP) is 5.14. The SMILES string of the molecule is CSc1ccc([C@@H]2CC(=O)NC(SCC(=O)Nc3cccc(C(F)(F)F)c3)=C2C#N)cc1. The summed E-state index contributed by atoms with van der Waals surface area (Å²) in [6.45, 7) is 0. The molecule has 0 saturated carbocycles. The van der Waals surface area contributed by atoms with Gasteiger partial charge in [-0.1, -0.05) is 30.0 Å². The van der Waals surface area contributed by atoms with E-state index in [0.717, 1.165) is 34.4 Å². The number of benzene rings is 2. The van der Waals surface area contributed by atoms with E-state index in [1.165, 1.54) is 12.1 Å². The highest BCUT2D eigenvalue weighted by Crippen LogP contribution is 2.36. The molecule has 166 valence electrons. The van der Waals surface area contributed by atoms with Crippen molar-refractivity contribution in [3.63, 3.8) is 0 Å². The lowest BCUT2D eigenvalue weighted by Gasteiger charge is -2.25. The molecule has 1 aliphatic heterocycles. The lowest BCUT2D eigenvalue weighted by atomic mass is 9.87. The van der Waals surface area contributed by atoms with Crippen molar-refractivity contribution in [2.24, 2.45) is 0 Å². The number of anilines is 1. The van der Waals surface area contributed by atoms with Crippen LogP contribution in [0.1, 0.15) is 23.5 Å². The van der Waals surface area contributed by atoms with Gasteiger partial charge in [0.2, 0.25) is 11.8 Å². The van der Waals surface area contributed by atoms with Crippen molar-refractivity contribution in [2.45, 2.75) is 23.4 Å². The molecule has 1 heterocycles. The minimum Gasteiger partial charge on any atom is -0.325 e. The van der Waals surface area contributed by atoms with Gasteiger partial charge in [-0.15, -0.1) is 11.8 Å². The van der Waals surface area contributed by atoms with E-state index in [1.54, 1.807) is 11.8 Å². The van der Waals surface area contributed by atoms with Crippen LogP contribution in [0.3, 0.4) is 0 Å². The molecule has 0 bridgehead atoms. The molecule has 0 spiro atoms. The van der Waals surface area contributed by atoms with Crippen LogP contribution in [0.15, 0.2) is 64.0 Å². The first-order valence-corrected chi connectivity index (χ1v) is 11.6. The molecule has 0 aromatic heterocycles. The average molecular weight is 478 g/mol. The number of nitriles is 1. The molecule has 0 radical (unpaired) electrons. The third-order valence-electron chi connectivity index (χ3n) is 4.70. The topological polar surface area (TPSA) is 82.0 Å². The van der Waals surface area contributed by atoms with Crippen LogP contribution in [0.2, 0.25) is 0 Å². The number of carbonyl (C=O) groups excluding carboxylic acids is 2. The second-order valence-electron chi connectivity index (χ2n) is 6.85. The fraction of sp³-hybridized carbons (Fsp3) is 0.227. The summed E-state index contributed by atoms with van der Waals surface area (Å²) in [6.07, 6.45) is -2.46. The number of nitrogens with one attached hydrogen (secondary N) is 2. The summed E-state index contributed by atoms with van der Waals surface area (Å²) in [4.78, 5) is 25.6. The number of amides is 2. The summed E-state index contributed by atoms with van der Waals surface area (Å²) < 4.78 is 38.5. The van der Waals surface area contributed by atoms with Crippen molar-refractivity contribution in [1.82, 2.24) is 5.32 Å². The van der Waals surface area contributed by atoms with E-state index >= 15 is 0 Å². The number of carbonyl (C=O) groups is 2. The van der Waals surface area contributed by atoms with Crippen molar-refractivity contribution >= 4 is 41.0 Å². The van der Waals surface area contributed by atoms with Gasteiger partial charge in [-0.3, -0.25) is 9.59 Å². The van der Waals surface area contributed by atoms with Gasteiger partial charge in [0.15, 0.2) is 0 Å². The van der Waals surface area contributed by atoms with E-state index in [0.29, 0.717) is 5.57 Å². The maximum absolute atomic E-state index is 12.8. The Balaban J connectivity index is 1.73. The molecule has 2 aromatic rings. The summed E-state index contributed by atoms with van der Waals surface area (Å²) in [6, 6.07) is 14.0. The second-order valence-corrected chi connectivity index (χ2v) is 8.71. The quantitative estimate of drug-likeness (QED) is 0.563. The number of hydrogen-bond donors (Lipinski definition) is 2. The van der Waals surface area contributed by atoms with Gasteiger partial charge in [0, 0.05) is 22.9 Å². The van der Waals surface area contributed by atoms with Crippen molar-refractivity contribution in [3.8, 4) is 6.07 Å². The highest BCUT2D eigenvalue weighted by atomic mass is 32.2. The second kappa shape index (κ2) is 10.1. The van der Waals surface area contributed by atoms with Crippen molar-refractivity contribution in [3.05, 3.63) is 70.3 Å². The molecule has 2 amide bonds. The third kappa shape index (κ3) is 5.87. The Morgan fingerprint density at radius 1 is 1.25 bits per heavy atom. The number of hydrogen-bond acceptors (Lipinski definition) is 5. The molecule has 0 unspecified atom stereocenters. The van der Waals surface area contributed by atoms with Gasteiger partial charge < -0.3 is 10.6 Å². The molecule has 10 heteroatoms.